The van der Waals surface area contributed by atoms with Crippen LogP contribution in [0, 0.1) is 0 Å². The number of sulfonamides is 1. The van der Waals surface area contributed by atoms with Crippen LogP contribution in [0.5, 0.6) is 0 Å². The molecule has 2 fully saturated rings. The van der Waals surface area contributed by atoms with Crippen LogP contribution in [-0.2, 0) is 19.6 Å². The van der Waals surface area contributed by atoms with Gasteiger partial charge in [-0.1, -0.05) is 0 Å². The summed E-state index contributed by atoms with van der Waals surface area (Å²) in [4.78, 5) is 29.2. The van der Waals surface area contributed by atoms with Crippen LogP contribution in [0.3, 0.4) is 0 Å². The van der Waals surface area contributed by atoms with Crippen molar-refractivity contribution in [3.8, 4) is 0 Å². The standard InChI is InChI=1S/C16H30N4O5S/c1-14(21)19-10-8-18(9-11-19)13-16(23)4-3-6-20(7-5-16)15(22)12-17-26(2,24)25/h17,23H,3-13H2,1-2H3/t16-/m1/s1. The summed E-state index contributed by atoms with van der Waals surface area (Å²) < 4.78 is 24.5. The fraction of sp³-hybridized carbons (Fsp3) is 0.875. The van der Waals surface area contributed by atoms with E-state index in [4.69, 9.17) is 0 Å². The van der Waals surface area contributed by atoms with Gasteiger partial charge in [0.2, 0.25) is 21.8 Å². The van der Waals surface area contributed by atoms with Gasteiger partial charge in [0.25, 0.3) is 0 Å². The van der Waals surface area contributed by atoms with Crippen LogP contribution in [0.4, 0.5) is 0 Å². The van der Waals surface area contributed by atoms with Crippen molar-refractivity contribution in [1.82, 2.24) is 19.4 Å². The van der Waals surface area contributed by atoms with E-state index in [0.717, 1.165) is 19.3 Å². The van der Waals surface area contributed by atoms with Gasteiger partial charge in [-0.3, -0.25) is 14.5 Å². The third-order valence-electron chi connectivity index (χ3n) is 5.09. The van der Waals surface area contributed by atoms with E-state index in [1.165, 1.54) is 0 Å². The minimum absolute atomic E-state index is 0.0784. The summed E-state index contributed by atoms with van der Waals surface area (Å²) in [6, 6.07) is 0. The highest BCUT2D eigenvalue weighted by molar-refractivity contribution is 7.88. The zero-order valence-corrected chi connectivity index (χ0v) is 16.4. The molecular formula is C16H30N4O5S. The molecule has 0 bridgehead atoms. The zero-order chi connectivity index (χ0) is 19.4. The van der Waals surface area contributed by atoms with Crippen LogP contribution in [0.2, 0.25) is 0 Å². The molecule has 0 unspecified atom stereocenters. The van der Waals surface area contributed by atoms with E-state index in [2.05, 4.69) is 9.62 Å². The van der Waals surface area contributed by atoms with Gasteiger partial charge >= 0.3 is 0 Å². The van der Waals surface area contributed by atoms with Crippen LogP contribution >= 0.6 is 0 Å². The van der Waals surface area contributed by atoms with E-state index in [1.54, 1.807) is 11.8 Å². The van der Waals surface area contributed by atoms with Crippen LogP contribution in [-0.4, -0.2) is 104 Å². The topological polar surface area (TPSA) is 110 Å². The SMILES string of the molecule is CC(=O)N1CCN(C[C@@]2(O)CCCN(C(=O)CNS(C)(=O)=O)CC2)CC1. The van der Waals surface area contributed by atoms with Gasteiger partial charge in [-0.15, -0.1) is 0 Å². The first kappa shape index (κ1) is 21.1. The molecule has 150 valence electrons. The third kappa shape index (κ3) is 6.49. The van der Waals surface area contributed by atoms with Gasteiger partial charge in [0.1, 0.15) is 0 Å². The number of carbonyl (C=O) groups excluding carboxylic acids is 2. The summed E-state index contributed by atoms with van der Waals surface area (Å²) in [5.41, 5.74) is -0.863. The molecule has 26 heavy (non-hydrogen) atoms. The number of aliphatic hydroxyl groups is 1. The normalized spacial score (nSPS) is 25.8. The summed E-state index contributed by atoms with van der Waals surface area (Å²) in [7, 11) is -3.40. The maximum Gasteiger partial charge on any atom is 0.237 e. The van der Waals surface area contributed by atoms with Crippen molar-refractivity contribution in [1.29, 1.82) is 0 Å². The second-order valence-electron chi connectivity index (χ2n) is 7.33. The van der Waals surface area contributed by atoms with E-state index in [1.807, 2.05) is 4.90 Å². The number of hydrogen-bond acceptors (Lipinski definition) is 6. The Morgan fingerprint density at radius 1 is 1.04 bits per heavy atom. The summed E-state index contributed by atoms with van der Waals surface area (Å²) in [6.45, 7) is 5.61. The molecule has 10 heteroatoms. The van der Waals surface area contributed by atoms with E-state index in [9.17, 15) is 23.1 Å². The Hall–Kier alpha value is -1.23. The van der Waals surface area contributed by atoms with E-state index in [-0.39, 0.29) is 18.4 Å². The van der Waals surface area contributed by atoms with Gasteiger partial charge in [0.05, 0.1) is 18.4 Å². The van der Waals surface area contributed by atoms with Gasteiger partial charge in [-0.2, -0.15) is 0 Å². The number of hydrogen-bond donors (Lipinski definition) is 2. The second-order valence-corrected chi connectivity index (χ2v) is 9.17. The van der Waals surface area contributed by atoms with Crippen molar-refractivity contribution in [3.63, 3.8) is 0 Å². The molecule has 9 nitrogen and oxygen atoms in total. The first-order chi connectivity index (χ1) is 12.1. The Bertz CT molecular complexity index is 618. The predicted octanol–water partition coefficient (Wildman–Crippen LogP) is -1.56. The maximum absolute atomic E-state index is 12.2. The number of amides is 2. The molecule has 1 atom stereocenters. The van der Waals surface area contributed by atoms with Crippen LogP contribution in [0.1, 0.15) is 26.2 Å². The Morgan fingerprint density at radius 2 is 1.69 bits per heavy atom. The molecule has 2 N–H and O–H groups in total. The van der Waals surface area contributed by atoms with E-state index >= 15 is 0 Å². The lowest BCUT2D eigenvalue weighted by Crippen LogP contribution is -2.53. The lowest BCUT2D eigenvalue weighted by molar-refractivity contribution is -0.131. The first-order valence-corrected chi connectivity index (χ1v) is 10.9. The Balaban J connectivity index is 1.83. The van der Waals surface area contributed by atoms with Gasteiger partial charge in [0, 0.05) is 52.7 Å². The number of rotatable bonds is 5. The van der Waals surface area contributed by atoms with Crippen molar-refractivity contribution < 1.29 is 23.1 Å². The predicted molar refractivity (Wildman–Crippen MR) is 96.9 cm³/mol. The van der Waals surface area contributed by atoms with E-state index in [0.29, 0.717) is 52.0 Å². The average molecular weight is 391 g/mol. The van der Waals surface area contributed by atoms with Crippen molar-refractivity contribution >= 4 is 21.8 Å². The number of likely N-dealkylation sites (tertiary alicyclic amines) is 1. The number of piperazine rings is 1. The monoisotopic (exact) mass is 390 g/mol. The molecule has 2 amide bonds. The Kier molecular flexibility index (Phi) is 7.00. The molecule has 2 aliphatic rings. The van der Waals surface area contributed by atoms with Gasteiger partial charge in [0.15, 0.2) is 0 Å². The highest BCUT2D eigenvalue weighted by atomic mass is 32.2. The zero-order valence-electron chi connectivity index (χ0n) is 15.6. The minimum atomic E-state index is -3.40. The van der Waals surface area contributed by atoms with Crippen molar-refractivity contribution in [2.24, 2.45) is 0 Å². The summed E-state index contributed by atoms with van der Waals surface area (Å²) in [6.07, 6.45) is 2.76. The Labute approximate surface area is 155 Å². The van der Waals surface area contributed by atoms with Crippen molar-refractivity contribution in [2.75, 3.05) is 58.6 Å². The molecule has 0 aromatic carbocycles. The molecule has 0 aromatic heterocycles. The largest absolute Gasteiger partial charge is 0.388 e. The lowest BCUT2D eigenvalue weighted by atomic mass is 9.94. The maximum atomic E-state index is 12.2. The molecule has 0 spiro atoms. The summed E-state index contributed by atoms with van der Waals surface area (Å²) in [5, 5.41) is 11.0. The second kappa shape index (κ2) is 8.64. The Morgan fingerprint density at radius 3 is 2.27 bits per heavy atom. The summed E-state index contributed by atoms with van der Waals surface area (Å²) in [5.74, 6) is -0.190. The minimum Gasteiger partial charge on any atom is -0.388 e. The highest BCUT2D eigenvalue weighted by Crippen LogP contribution is 2.24. The fourth-order valence-electron chi connectivity index (χ4n) is 3.53. The summed E-state index contributed by atoms with van der Waals surface area (Å²) >= 11 is 0. The van der Waals surface area contributed by atoms with Crippen molar-refractivity contribution in [2.45, 2.75) is 31.8 Å². The molecule has 0 aromatic rings. The molecule has 2 aliphatic heterocycles. The smallest absolute Gasteiger partial charge is 0.237 e. The molecule has 0 aliphatic carbocycles. The molecular weight excluding hydrogens is 360 g/mol. The molecule has 2 rings (SSSR count). The molecule has 2 heterocycles. The lowest BCUT2D eigenvalue weighted by Gasteiger charge is -2.39. The highest BCUT2D eigenvalue weighted by Gasteiger charge is 2.34. The van der Waals surface area contributed by atoms with Gasteiger partial charge in [-0.05, 0) is 19.3 Å². The fourth-order valence-corrected chi connectivity index (χ4v) is 3.91. The van der Waals surface area contributed by atoms with Crippen LogP contribution in [0.15, 0.2) is 0 Å². The average Bonchev–Trinajstić information content (AvgIpc) is 2.74. The molecule has 0 radical (unpaired) electrons. The van der Waals surface area contributed by atoms with E-state index < -0.39 is 15.6 Å². The number of β-amino-alcohol motifs (C(OH)–C–C–N with tert-alkyl or cyclic N) is 1. The van der Waals surface area contributed by atoms with Crippen molar-refractivity contribution in [3.05, 3.63) is 0 Å². The molecule has 0 saturated carbocycles. The van der Waals surface area contributed by atoms with Gasteiger partial charge in [-0.25, -0.2) is 13.1 Å². The molecule has 2 saturated heterocycles. The number of nitrogens with one attached hydrogen (secondary N) is 1. The quantitative estimate of drug-likeness (QED) is 0.588. The number of carbonyl (C=O) groups is 2. The third-order valence-corrected chi connectivity index (χ3v) is 5.76. The first-order valence-electron chi connectivity index (χ1n) is 9.01. The number of nitrogens with zero attached hydrogens (tertiary/aromatic N) is 3. The van der Waals surface area contributed by atoms with Gasteiger partial charge < -0.3 is 14.9 Å². The van der Waals surface area contributed by atoms with Crippen LogP contribution < -0.4 is 4.72 Å². The van der Waals surface area contributed by atoms with Crippen LogP contribution in [0.25, 0.3) is 0 Å².